The van der Waals surface area contributed by atoms with Gasteiger partial charge in [-0.2, -0.15) is 5.10 Å². The fourth-order valence-electron chi connectivity index (χ4n) is 4.18. The van der Waals surface area contributed by atoms with E-state index in [1.165, 1.54) is 10.6 Å². The number of ether oxygens (including phenoxy) is 1. The molecule has 26 heavy (non-hydrogen) atoms. The van der Waals surface area contributed by atoms with Crippen molar-refractivity contribution in [2.75, 3.05) is 46.4 Å². The zero-order valence-electron chi connectivity index (χ0n) is 15.8. The van der Waals surface area contributed by atoms with E-state index in [2.05, 4.69) is 28.0 Å². The predicted octanol–water partition coefficient (Wildman–Crippen LogP) is 0.342. The van der Waals surface area contributed by atoms with Crippen molar-refractivity contribution >= 4 is 5.91 Å². The lowest BCUT2D eigenvalue weighted by atomic mass is 9.90. The van der Waals surface area contributed by atoms with Crippen LogP contribution in [0.3, 0.4) is 0 Å². The number of hydrogen-bond donors (Lipinski definition) is 0. The normalized spacial score (nSPS) is 26.8. The van der Waals surface area contributed by atoms with Gasteiger partial charge in [0.05, 0.1) is 19.4 Å². The molecule has 0 saturated carbocycles. The summed E-state index contributed by atoms with van der Waals surface area (Å²) in [6, 6.07) is -0.240. The van der Waals surface area contributed by atoms with Gasteiger partial charge in [-0.3, -0.25) is 24.1 Å². The van der Waals surface area contributed by atoms with Gasteiger partial charge in [0, 0.05) is 51.0 Å². The van der Waals surface area contributed by atoms with Gasteiger partial charge in [0.2, 0.25) is 0 Å². The Kier molecular flexibility index (Phi) is 5.00. The minimum Gasteiger partial charge on any atom is -0.369 e. The molecule has 0 aromatic carbocycles. The average molecular weight is 363 g/mol. The fourth-order valence-corrected chi connectivity index (χ4v) is 4.18. The topological polar surface area (TPSA) is 63.1 Å². The van der Waals surface area contributed by atoms with E-state index in [-0.39, 0.29) is 17.6 Å². The van der Waals surface area contributed by atoms with E-state index in [4.69, 9.17) is 9.57 Å². The van der Waals surface area contributed by atoms with Gasteiger partial charge in [0.15, 0.2) is 0 Å². The molecule has 1 aromatic heterocycles. The molecule has 1 aromatic rings. The van der Waals surface area contributed by atoms with Crippen LogP contribution in [0.25, 0.3) is 0 Å². The number of amides is 1. The smallest absolute Gasteiger partial charge is 0.265 e. The molecule has 3 aliphatic heterocycles. The standard InChI is InChI=1S/C18H29N5O3/c1-3-22-10-15(8-19-22)9-21-13-18(14-21)12-20(2)16(11-25-18)17(24)23-6-4-5-7-26-23/h8,10,16H,3-7,9,11-14H2,1-2H3. The van der Waals surface area contributed by atoms with E-state index < -0.39 is 0 Å². The lowest BCUT2D eigenvalue weighted by Gasteiger charge is -2.55. The number of hydroxylamine groups is 2. The van der Waals surface area contributed by atoms with E-state index in [9.17, 15) is 4.79 Å². The van der Waals surface area contributed by atoms with Crippen LogP contribution < -0.4 is 0 Å². The Hall–Kier alpha value is -1.48. The third-order valence-corrected chi connectivity index (χ3v) is 5.59. The summed E-state index contributed by atoms with van der Waals surface area (Å²) >= 11 is 0. The average Bonchev–Trinajstić information content (AvgIpc) is 3.08. The van der Waals surface area contributed by atoms with Crippen LogP contribution in [0.2, 0.25) is 0 Å². The van der Waals surface area contributed by atoms with Gasteiger partial charge in [-0.05, 0) is 26.8 Å². The molecule has 8 heteroatoms. The summed E-state index contributed by atoms with van der Waals surface area (Å²) in [6.07, 6.45) is 6.08. The van der Waals surface area contributed by atoms with Gasteiger partial charge in [-0.15, -0.1) is 0 Å². The number of aryl methyl sites for hydroxylation is 1. The summed E-state index contributed by atoms with van der Waals surface area (Å²) in [5, 5.41) is 5.86. The molecular weight excluding hydrogens is 334 g/mol. The number of likely N-dealkylation sites (N-methyl/N-ethyl adjacent to an activating group) is 1. The summed E-state index contributed by atoms with van der Waals surface area (Å²) in [5.41, 5.74) is 1.09. The van der Waals surface area contributed by atoms with Crippen molar-refractivity contribution in [2.45, 2.75) is 44.5 Å². The van der Waals surface area contributed by atoms with E-state index in [0.29, 0.717) is 19.8 Å². The second-order valence-corrected chi connectivity index (χ2v) is 7.76. The number of carbonyl (C=O) groups is 1. The van der Waals surface area contributed by atoms with Gasteiger partial charge in [-0.1, -0.05) is 0 Å². The maximum atomic E-state index is 12.7. The fraction of sp³-hybridized carbons (Fsp3) is 0.778. The molecule has 3 saturated heterocycles. The second kappa shape index (κ2) is 7.26. The molecule has 1 amide bonds. The monoisotopic (exact) mass is 363 g/mol. The molecule has 1 spiro atoms. The van der Waals surface area contributed by atoms with Crippen LogP contribution in [0.1, 0.15) is 25.3 Å². The summed E-state index contributed by atoms with van der Waals surface area (Å²) in [5.74, 6) is 0.0326. The zero-order valence-corrected chi connectivity index (χ0v) is 15.8. The first-order valence-electron chi connectivity index (χ1n) is 9.61. The Morgan fingerprint density at radius 1 is 1.35 bits per heavy atom. The highest BCUT2D eigenvalue weighted by Crippen LogP contribution is 2.32. The highest BCUT2D eigenvalue weighted by Gasteiger charge is 2.50. The highest BCUT2D eigenvalue weighted by atomic mass is 16.7. The maximum absolute atomic E-state index is 12.7. The SMILES string of the molecule is CCn1cc(CN2CC3(C2)CN(C)C(C(=O)N2CCCCO2)CO3)cn1. The molecule has 1 unspecified atom stereocenters. The molecule has 3 aliphatic rings. The minimum absolute atomic E-state index is 0.0326. The van der Waals surface area contributed by atoms with Crippen molar-refractivity contribution in [3.05, 3.63) is 18.0 Å². The molecule has 3 fully saturated rings. The molecule has 144 valence electrons. The maximum Gasteiger partial charge on any atom is 0.265 e. The third kappa shape index (κ3) is 3.51. The van der Waals surface area contributed by atoms with Gasteiger partial charge < -0.3 is 4.74 Å². The summed E-state index contributed by atoms with van der Waals surface area (Å²) in [7, 11) is 2.02. The van der Waals surface area contributed by atoms with Crippen molar-refractivity contribution in [3.63, 3.8) is 0 Å². The Labute approximate surface area is 154 Å². The van der Waals surface area contributed by atoms with Gasteiger partial charge >= 0.3 is 0 Å². The Morgan fingerprint density at radius 2 is 2.19 bits per heavy atom. The Balaban J connectivity index is 1.28. The Morgan fingerprint density at radius 3 is 2.85 bits per heavy atom. The van der Waals surface area contributed by atoms with Crippen LogP contribution in [0.4, 0.5) is 0 Å². The van der Waals surface area contributed by atoms with Gasteiger partial charge in [0.1, 0.15) is 11.6 Å². The first-order chi connectivity index (χ1) is 12.6. The number of hydrogen-bond acceptors (Lipinski definition) is 6. The van der Waals surface area contributed by atoms with E-state index in [0.717, 1.165) is 45.6 Å². The minimum atomic E-state index is -0.240. The van der Waals surface area contributed by atoms with Crippen LogP contribution in [0, 0.1) is 0 Å². The van der Waals surface area contributed by atoms with Crippen LogP contribution in [-0.2, 0) is 27.5 Å². The van der Waals surface area contributed by atoms with Crippen molar-refractivity contribution in [3.8, 4) is 0 Å². The lowest BCUT2D eigenvalue weighted by Crippen LogP contribution is -2.72. The van der Waals surface area contributed by atoms with Gasteiger partial charge in [-0.25, -0.2) is 5.06 Å². The molecule has 1 atom stereocenters. The third-order valence-electron chi connectivity index (χ3n) is 5.59. The van der Waals surface area contributed by atoms with Crippen LogP contribution in [0.5, 0.6) is 0 Å². The number of nitrogens with zero attached hydrogens (tertiary/aromatic N) is 5. The van der Waals surface area contributed by atoms with Gasteiger partial charge in [0.25, 0.3) is 5.91 Å². The molecule has 4 heterocycles. The van der Waals surface area contributed by atoms with E-state index >= 15 is 0 Å². The number of carbonyl (C=O) groups excluding carboxylic acids is 1. The molecule has 4 rings (SSSR count). The summed E-state index contributed by atoms with van der Waals surface area (Å²) in [4.78, 5) is 22.7. The first-order valence-corrected chi connectivity index (χ1v) is 9.61. The summed E-state index contributed by atoms with van der Waals surface area (Å²) in [6.45, 7) is 8.23. The van der Waals surface area contributed by atoms with Crippen molar-refractivity contribution in [1.82, 2.24) is 24.6 Å². The van der Waals surface area contributed by atoms with Crippen LogP contribution in [-0.4, -0.2) is 88.6 Å². The number of rotatable bonds is 4. The number of aromatic nitrogens is 2. The molecule has 0 radical (unpaired) electrons. The molecular formula is C18H29N5O3. The lowest BCUT2D eigenvalue weighted by molar-refractivity contribution is -0.224. The molecule has 0 aliphatic carbocycles. The number of morpholine rings is 1. The summed E-state index contributed by atoms with van der Waals surface area (Å²) < 4.78 is 8.14. The van der Waals surface area contributed by atoms with E-state index in [1.807, 2.05) is 17.9 Å². The second-order valence-electron chi connectivity index (χ2n) is 7.76. The van der Waals surface area contributed by atoms with Crippen molar-refractivity contribution < 1.29 is 14.4 Å². The van der Waals surface area contributed by atoms with Crippen molar-refractivity contribution in [2.24, 2.45) is 0 Å². The highest BCUT2D eigenvalue weighted by molar-refractivity contribution is 5.81. The Bertz CT molecular complexity index is 637. The van der Waals surface area contributed by atoms with Crippen molar-refractivity contribution in [1.29, 1.82) is 0 Å². The number of likely N-dealkylation sites (tertiary alicyclic amines) is 1. The zero-order chi connectivity index (χ0) is 18.1. The van der Waals surface area contributed by atoms with E-state index in [1.54, 1.807) is 0 Å². The largest absolute Gasteiger partial charge is 0.369 e. The molecule has 0 bridgehead atoms. The molecule has 8 nitrogen and oxygen atoms in total. The first kappa shape index (κ1) is 17.9. The quantitative estimate of drug-likeness (QED) is 0.769. The molecule has 0 N–H and O–H groups in total. The predicted molar refractivity (Wildman–Crippen MR) is 95.2 cm³/mol. The van der Waals surface area contributed by atoms with Crippen LogP contribution in [0.15, 0.2) is 12.4 Å². The van der Waals surface area contributed by atoms with Crippen LogP contribution >= 0.6 is 0 Å².